The lowest BCUT2D eigenvalue weighted by atomic mass is 9.93. The molecule has 33 heavy (non-hydrogen) atoms. The van der Waals surface area contributed by atoms with Gasteiger partial charge in [0.15, 0.2) is 11.5 Å². The summed E-state index contributed by atoms with van der Waals surface area (Å²) in [5.74, 6) is 0.575. The third kappa shape index (κ3) is 1.66. The quantitative estimate of drug-likeness (QED) is 0.453. The zero-order valence-electron chi connectivity index (χ0n) is 17.7. The Kier molecular flexibility index (Phi) is 2.81. The minimum absolute atomic E-state index is 0.0655. The van der Waals surface area contributed by atoms with E-state index in [9.17, 15) is 15.1 Å². The number of quaternary nitrogens is 1. The highest BCUT2D eigenvalue weighted by atomic mass is 16.6. The number of aromatic nitrogens is 1. The number of carbonyl (C=O) groups excluding carboxylic acids is 1. The Morgan fingerprint density at radius 3 is 3.03 bits per heavy atom. The first-order valence-electron chi connectivity index (χ1n) is 10.9. The molecule has 5 aliphatic rings. The van der Waals surface area contributed by atoms with Crippen LogP contribution >= 0.6 is 0 Å². The molecule has 0 saturated heterocycles. The fourth-order valence-electron chi connectivity index (χ4n) is 6.41. The summed E-state index contributed by atoms with van der Waals surface area (Å²) in [5, 5.41) is 25.6. The van der Waals surface area contributed by atoms with Crippen molar-refractivity contribution >= 4 is 46.6 Å². The summed E-state index contributed by atoms with van der Waals surface area (Å²) in [5.41, 5.74) is 4.79. The Morgan fingerprint density at radius 1 is 1.30 bits per heavy atom. The van der Waals surface area contributed by atoms with Crippen molar-refractivity contribution in [3.8, 4) is 16.9 Å². The van der Waals surface area contributed by atoms with E-state index in [4.69, 9.17) is 4.74 Å². The lowest BCUT2D eigenvalue weighted by Crippen LogP contribution is -2.65. The van der Waals surface area contributed by atoms with Crippen LogP contribution in [0.15, 0.2) is 47.0 Å². The highest BCUT2D eigenvalue weighted by Gasteiger charge is 2.65. The second-order valence-corrected chi connectivity index (χ2v) is 9.23. The number of ketones is 1. The number of rotatable bonds is 1. The topological polar surface area (TPSA) is 84.0 Å². The zero-order valence-corrected chi connectivity index (χ0v) is 17.7. The Hall–Kier alpha value is -3.78. The number of aliphatic imine (C=N–C) groups is 1. The van der Waals surface area contributed by atoms with Gasteiger partial charge in [0.05, 0.1) is 34.2 Å². The van der Waals surface area contributed by atoms with Gasteiger partial charge in [0.25, 0.3) is 0 Å². The Labute approximate surface area is 187 Å². The molecule has 1 aromatic heterocycles. The van der Waals surface area contributed by atoms with Crippen LogP contribution in [0, 0.1) is 0 Å². The summed E-state index contributed by atoms with van der Waals surface area (Å²) in [4.78, 5) is 17.6. The molecule has 0 saturated carbocycles. The first-order chi connectivity index (χ1) is 16.0. The fraction of sp³-hybridized carbons (Fsp3) is 0.154. The molecule has 2 bridgehead atoms. The van der Waals surface area contributed by atoms with Crippen LogP contribution in [0.1, 0.15) is 22.8 Å². The van der Waals surface area contributed by atoms with Crippen molar-refractivity contribution in [3.05, 3.63) is 63.7 Å². The Bertz CT molecular complexity index is 1760. The highest BCUT2D eigenvalue weighted by molar-refractivity contribution is 6.22. The van der Waals surface area contributed by atoms with Gasteiger partial charge in [-0.1, -0.05) is 16.8 Å². The molecule has 4 aliphatic heterocycles. The molecule has 2 aromatic carbocycles. The number of aliphatic hydroxyl groups is 1. The first kappa shape index (κ1) is 17.7. The van der Waals surface area contributed by atoms with Crippen molar-refractivity contribution in [1.82, 2.24) is 9.21 Å². The van der Waals surface area contributed by atoms with Gasteiger partial charge < -0.3 is 14.4 Å². The number of ether oxygens (including phenoxy) is 1. The van der Waals surface area contributed by atoms with Crippen molar-refractivity contribution in [2.45, 2.75) is 19.2 Å². The van der Waals surface area contributed by atoms with E-state index in [-0.39, 0.29) is 12.4 Å². The lowest BCUT2D eigenvalue weighted by Gasteiger charge is -2.46. The van der Waals surface area contributed by atoms with Gasteiger partial charge in [-0.05, 0) is 24.3 Å². The van der Waals surface area contributed by atoms with Gasteiger partial charge in [-0.25, -0.2) is 5.21 Å². The van der Waals surface area contributed by atoms with Crippen molar-refractivity contribution < 1.29 is 19.8 Å². The van der Waals surface area contributed by atoms with E-state index < -0.39 is 10.4 Å². The molecular weight excluding hydrogens is 418 g/mol. The normalized spacial score (nSPS) is 28.0. The predicted molar refractivity (Wildman–Crippen MR) is 124 cm³/mol. The molecule has 2 unspecified atom stereocenters. The van der Waals surface area contributed by atoms with E-state index in [1.54, 1.807) is 12.2 Å². The number of nitrogens with zero attached hydrogens (tertiary/aromatic N) is 3. The molecular formula is C26H18N3O4+. The maximum Gasteiger partial charge on any atom is 0.304 e. The Balaban J connectivity index is 1.72. The number of benzene rings is 2. The zero-order chi connectivity index (χ0) is 22.3. The van der Waals surface area contributed by atoms with E-state index in [1.807, 2.05) is 49.7 Å². The van der Waals surface area contributed by atoms with E-state index in [2.05, 4.69) is 9.56 Å². The maximum atomic E-state index is 13.1. The molecule has 5 heterocycles. The number of carbonyl (C=O) groups is 1. The van der Waals surface area contributed by atoms with Gasteiger partial charge in [0, 0.05) is 48.1 Å². The van der Waals surface area contributed by atoms with Gasteiger partial charge in [-0.2, -0.15) is 0 Å². The SMILES string of the molecule is CC12Oc3ccc4c(c3)[N+]1(O)c1c-4c3c(c4c5c(n(c14)C/C=C\2CO)=CC=CC5=O)=CN=C3. The first-order valence-corrected chi connectivity index (χ1v) is 10.9. The van der Waals surface area contributed by atoms with Crippen LogP contribution in [-0.2, 0) is 6.54 Å². The number of hydroxylamine groups is 1. The van der Waals surface area contributed by atoms with Crippen LogP contribution in [0.3, 0.4) is 0 Å². The molecule has 2 atom stereocenters. The average Bonchev–Trinajstić information content (AvgIpc) is 3.47. The minimum Gasteiger partial charge on any atom is -0.433 e. The van der Waals surface area contributed by atoms with Gasteiger partial charge in [0.2, 0.25) is 5.69 Å². The molecule has 2 N–H and O–H groups in total. The average molecular weight is 436 g/mol. The summed E-state index contributed by atoms with van der Waals surface area (Å²) in [6.07, 6.45) is 10.8. The van der Waals surface area contributed by atoms with Crippen LogP contribution in [0.2, 0.25) is 0 Å². The van der Waals surface area contributed by atoms with E-state index in [0.717, 1.165) is 38.2 Å². The van der Waals surface area contributed by atoms with E-state index in [1.165, 1.54) is 0 Å². The van der Waals surface area contributed by atoms with E-state index in [0.29, 0.717) is 34.8 Å². The summed E-state index contributed by atoms with van der Waals surface area (Å²) >= 11 is 0. The molecule has 3 aromatic rings. The third-order valence-electron chi connectivity index (χ3n) is 7.88. The van der Waals surface area contributed by atoms with Gasteiger partial charge in [-0.3, -0.25) is 9.79 Å². The molecule has 160 valence electrons. The van der Waals surface area contributed by atoms with Crippen LogP contribution in [-0.4, -0.2) is 39.2 Å². The Morgan fingerprint density at radius 2 is 2.18 bits per heavy atom. The minimum atomic E-state index is -1.27. The second-order valence-electron chi connectivity index (χ2n) is 9.23. The van der Waals surface area contributed by atoms with Crippen molar-refractivity contribution in [3.63, 3.8) is 0 Å². The number of aliphatic hydroxyl groups excluding tert-OH is 1. The molecule has 1 aliphatic carbocycles. The lowest BCUT2D eigenvalue weighted by molar-refractivity contribution is -0.176. The molecule has 7 nitrogen and oxygen atoms in total. The van der Waals surface area contributed by atoms with Crippen LogP contribution in [0.25, 0.3) is 34.3 Å². The van der Waals surface area contributed by atoms with Crippen LogP contribution < -0.4 is 20.0 Å². The third-order valence-corrected chi connectivity index (χ3v) is 7.88. The summed E-state index contributed by atoms with van der Waals surface area (Å²) in [6.45, 7) is 1.99. The van der Waals surface area contributed by atoms with Crippen molar-refractivity contribution in [2.75, 3.05) is 6.61 Å². The predicted octanol–water partition coefficient (Wildman–Crippen LogP) is 2.39. The van der Waals surface area contributed by atoms with Crippen molar-refractivity contribution in [1.29, 1.82) is 0 Å². The number of hydrogen-bond donors (Lipinski definition) is 2. The largest absolute Gasteiger partial charge is 0.433 e. The van der Waals surface area contributed by atoms with Gasteiger partial charge in [-0.15, -0.1) is 0 Å². The monoisotopic (exact) mass is 436 g/mol. The number of hydrogen-bond acceptors (Lipinski definition) is 5. The summed E-state index contributed by atoms with van der Waals surface area (Å²) in [7, 11) is 0. The highest BCUT2D eigenvalue weighted by Crippen LogP contribution is 2.63. The van der Waals surface area contributed by atoms with Crippen LogP contribution in [0.5, 0.6) is 5.75 Å². The summed E-state index contributed by atoms with van der Waals surface area (Å²) < 4.78 is 7.84. The van der Waals surface area contributed by atoms with Gasteiger partial charge >= 0.3 is 5.72 Å². The summed E-state index contributed by atoms with van der Waals surface area (Å²) in [6, 6.07) is 5.75. The maximum absolute atomic E-state index is 13.1. The molecule has 0 radical (unpaired) electrons. The second kappa shape index (κ2) is 5.23. The molecule has 0 fully saturated rings. The van der Waals surface area contributed by atoms with E-state index >= 15 is 0 Å². The molecule has 0 spiro atoms. The standard InChI is InChI=1S/C26H18N3O4/c1-26-13(12-30)7-8-28-18-3-2-4-20(31)23(18)22-17-11-27-10-16(17)21-15-6-5-14(33-26)9-19(15)29(26,32)25(21)24(22)28/h2-7,9-11,30,32H,8,12H2,1H3/q+1/b13-7-. The smallest absolute Gasteiger partial charge is 0.304 e. The number of allylic oxidation sites excluding steroid dienone is 3. The fourth-order valence-corrected chi connectivity index (χ4v) is 6.41. The molecule has 7 heteroatoms. The van der Waals surface area contributed by atoms with Crippen molar-refractivity contribution in [2.24, 2.45) is 4.99 Å². The van der Waals surface area contributed by atoms with Crippen LogP contribution in [0.4, 0.5) is 11.4 Å². The molecule has 8 rings (SSSR count). The molecule has 0 amide bonds. The van der Waals surface area contributed by atoms with Gasteiger partial charge in [0.1, 0.15) is 11.3 Å². The number of fused-ring (bicyclic) bond motifs is 8.